The van der Waals surface area contributed by atoms with Crippen LogP contribution in [0.15, 0.2) is 67.3 Å². The lowest BCUT2D eigenvalue weighted by atomic mass is 9.44. The van der Waals surface area contributed by atoms with Gasteiger partial charge >= 0.3 is 0 Å². The molecule has 2 nitrogen and oxygen atoms in total. The average molecular weight is 531 g/mol. The van der Waals surface area contributed by atoms with Crippen LogP contribution in [-0.4, -0.2) is 24.2 Å². The van der Waals surface area contributed by atoms with E-state index in [0.29, 0.717) is 0 Å². The fourth-order valence-corrected chi connectivity index (χ4v) is 10.9. The first-order valence-electron chi connectivity index (χ1n) is 13.7. The molecule has 0 spiro atoms. The third kappa shape index (κ3) is 3.80. The molecule has 188 valence electrons. The van der Waals surface area contributed by atoms with Gasteiger partial charge in [-0.1, -0.05) is 55.2 Å². The monoisotopic (exact) mass is 530 g/mol. The van der Waals surface area contributed by atoms with Crippen molar-refractivity contribution in [1.82, 2.24) is 9.97 Å². The number of hydrogen-bond acceptors (Lipinski definition) is 2. The molecule has 3 aromatic rings. The summed E-state index contributed by atoms with van der Waals surface area (Å²) in [4.78, 5) is 9.19. The molecule has 4 saturated carbocycles. The summed E-state index contributed by atoms with van der Waals surface area (Å²) in [7, 11) is 5.00. The molecule has 0 radical (unpaired) electrons. The summed E-state index contributed by atoms with van der Waals surface area (Å²) in [6.45, 7) is 7.41. The van der Waals surface area contributed by atoms with Gasteiger partial charge in [-0.25, -0.2) is 0 Å². The number of hydrogen-bond donors (Lipinski definition) is 0. The molecule has 4 aliphatic rings. The standard InChI is InChI=1S/C31H40N2P2Si/c1-36(2,3)27-8-9-28(30(20-34)25-13-21-12-22(15-25)16-26(30)14-21)29(17-27)31(35,23-6-4-10-32-18-23)24-7-5-11-33-19-24/h4-11,17-19,21-22,25-26H,12-16,20,34-35H2,1-3H3. The van der Waals surface area contributed by atoms with Crippen LogP contribution in [0.25, 0.3) is 0 Å². The predicted octanol–water partition coefficient (Wildman–Crippen LogP) is 6.76. The van der Waals surface area contributed by atoms with Gasteiger partial charge in [-0.2, -0.15) is 0 Å². The molecule has 0 N–H and O–H groups in total. The molecule has 4 fully saturated rings. The first-order valence-corrected chi connectivity index (χ1v) is 18.6. The van der Waals surface area contributed by atoms with E-state index in [0.717, 1.165) is 29.8 Å². The second kappa shape index (κ2) is 9.11. The van der Waals surface area contributed by atoms with Crippen LogP contribution in [0.5, 0.6) is 0 Å². The van der Waals surface area contributed by atoms with Gasteiger partial charge in [0.05, 0.1) is 13.2 Å². The number of rotatable bonds is 6. The Morgan fingerprint density at radius 1 is 0.861 bits per heavy atom. The van der Waals surface area contributed by atoms with Crippen molar-refractivity contribution in [3.05, 3.63) is 89.5 Å². The summed E-state index contributed by atoms with van der Waals surface area (Å²) in [5.41, 5.74) is 5.73. The molecular weight excluding hydrogens is 490 g/mol. The van der Waals surface area contributed by atoms with Crippen LogP contribution in [0.2, 0.25) is 19.6 Å². The molecule has 5 heteroatoms. The fourth-order valence-electron chi connectivity index (χ4n) is 8.32. The highest BCUT2D eigenvalue weighted by molar-refractivity contribution is 7.19. The maximum atomic E-state index is 4.60. The van der Waals surface area contributed by atoms with Crippen LogP contribution in [0, 0.1) is 23.7 Å². The van der Waals surface area contributed by atoms with Crippen molar-refractivity contribution < 1.29 is 0 Å². The molecule has 4 bridgehead atoms. The molecule has 36 heavy (non-hydrogen) atoms. The summed E-state index contributed by atoms with van der Waals surface area (Å²) in [5, 5.41) is 1.14. The highest BCUT2D eigenvalue weighted by atomic mass is 31.0. The summed E-state index contributed by atoms with van der Waals surface area (Å²) >= 11 is 0. The second-order valence-corrected chi connectivity index (χ2v) is 19.2. The second-order valence-electron chi connectivity index (χ2n) is 12.9. The van der Waals surface area contributed by atoms with Crippen molar-refractivity contribution in [2.45, 2.75) is 62.3 Å². The van der Waals surface area contributed by atoms with Crippen molar-refractivity contribution in [2.75, 3.05) is 6.16 Å². The van der Waals surface area contributed by atoms with Crippen LogP contribution < -0.4 is 5.19 Å². The number of aromatic nitrogens is 2. The molecule has 2 atom stereocenters. The largest absolute Gasteiger partial charge is 0.264 e. The van der Waals surface area contributed by atoms with Crippen molar-refractivity contribution in [3.8, 4) is 0 Å². The predicted molar refractivity (Wildman–Crippen MR) is 161 cm³/mol. The van der Waals surface area contributed by atoms with E-state index >= 15 is 0 Å². The minimum absolute atomic E-state index is 0.234. The molecule has 0 amide bonds. The number of pyridine rings is 2. The normalized spacial score (nSPS) is 29.5. The molecule has 2 unspecified atom stereocenters. The zero-order valence-corrected chi connectivity index (χ0v) is 25.3. The Bertz CT molecular complexity index is 1170. The zero-order valence-electron chi connectivity index (χ0n) is 22.0. The van der Waals surface area contributed by atoms with Gasteiger partial charge in [0.25, 0.3) is 0 Å². The first-order chi connectivity index (χ1) is 17.3. The molecule has 2 heterocycles. The van der Waals surface area contributed by atoms with Crippen LogP contribution in [0.3, 0.4) is 0 Å². The van der Waals surface area contributed by atoms with E-state index < -0.39 is 13.2 Å². The van der Waals surface area contributed by atoms with Crippen molar-refractivity contribution in [1.29, 1.82) is 0 Å². The summed E-state index contributed by atoms with van der Waals surface area (Å²) in [6, 6.07) is 16.3. The Labute approximate surface area is 222 Å². The van der Waals surface area contributed by atoms with Gasteiger partial charge in [-0.3, -0.25) is 9.97 Å². The molecule has 2 aromatic heterocycles. The lowest BCUT2D eigenvalue weighted by Gasteiger charge is -2.62. The molecule has 1 aromatic carbocycles. The van der Waals surface area contributed by atoms with Gasteiger partial charge < -0.3 is 0 Å². The minimum Gasteiger partial charge on any atom is -0.264 e. The topological polar surface area (TPSA) is 25.8 Å². The highest BCUT2D eigenvalue weighted by Gasteiger charge is 2.58. The van der Waals surface area contributed by atoms with E-state index in [2.05, 4.69) is 103 Å². The SMILES string of the molecule is C[Si](C)(C)c1ccc(C2(CP)C3CC4CC(C3)CC2C4)c(C(P)(c2cccnc2)c2cccnc2)c1. The maximum absolute atomic E-state index is 4.60. The summed E-state index contributed by atoms with van der Waals surface area (Å²) < 4.78 is 0. The van der Waals surface area contributed by atoms with E-state index in [9.17, 15) is 0 Å². The van der Waals surface area contributed by atoms with Crippen molar-refractivity contribution >= 4 is 31.7 Å². The molecule has 7 rings (SSSR count). The molecule has 0 aliphatic heterocycles. The quantitative estimate of drug-likeness (QED) is 0.260. The van der Waals surface area contributed by atoms with Crippen LogP contribution in [-0.2, 0) is 10.6 Å². The maximum Gasteiger partial charge on any atom is 0.0776 e. The summed E-state index contributed by atoms with van der Waals surface area (Å²) in [5.74, 6) is 3.50. The smallest absolute Gasteiger partial charge is 0.0776 e. The summed E-state index contributed by atoms with van der Waals surface area (Å²) in [6.07, 6.45) is 16.2. The molecule has 4 aliphatic carbocycles. The minimum atomic E-state index is -1.53. The van der Waals surface area contributed by atoms with E-state index in [-0.39, 0.29) is 5.41 Å². The Kier molecular flexibility index (Phi) is 6.30. The Balaban J connectivity index is 1.65. The Hall–Kier alpha value is -1.40. The van der Waals surface area contributed by atoms with Gasteiger partial charge in [0.15, 0.2) is 0 Å². The first kappa shape index (κ1) is 24.9. The lowest BCUT2D eigenvalue weighted by Crippen LogP contribution is -2.57. The Morgan fingerprint density at radius 2 is 1.42 bits per heavy atom. The molecular formula is C31H40N2P2Si. The zero-order chi connectivity index (χ0) is 25.1. The van der Waals surface area contributed by atoms with E-state index in [4.69, 9.17) is 0 Å². The lowest BCUT2D eigenvalue weighted by molar-refractivity contribution is -0.0504. The third-order valence-electron chi connectivity index (χ3n) is 9.98. The fraction of sp³-hybridized carbons (Fsp3) is 0.484. The molecule has 0 saturated heterocycles. The van der Waals surface area contributed by atoms with E-state index in [1.165, 1.54) is 54.0 Å². The third-order valence-corrected chi connectivity index (χ3v) is 13.7. The van der Waals surface area contributed by atoms with Gasteiger partial charge in [0.2, 0.25) is 0 Å². The number of benzene rings is 1. The van der Waals surface area contributed by atoms with Crippen molar-refractivity contribution in [3.63, 3.8) is 0 Å². The van der Waals surface area contributed by atoms with Crippen LogP contribution in [0.4, 0.5) is 0 Å². The van der Waals surface area contributed by atoms with Crippen molar-refractivity contribution in [2.24, 2.45) is 23.7 Å². The van der Waals surface area contributed by atoms with E-state index in [1.807, 2.05) is 12.4 Å². The average Bonchev–Trinajstić information content (AvgIpc) is 2.89. The van der Waals surface area contributed by atoms with E-state index in [1.54, 1.807) is 5.56 Å². The van der Waals surface area contributed by atoms with Gasteiger partial charge in [-0.05, 0) is 96.3 Å². The van der Waals surface area contributed by atoms with Gasteiger partial charge in [0.1, 0.15) is 0 Å². The number of nitrogens with zero attached hydrogens (tertiary/aromatic N) is 2. The van der Waals surface area contributed by atoms with Gasteiger partial charge in [0, 0.05) is 30.2 Å². The highest BCUT2D eigenvalue weighted by Crippen LogP contribution is 2.65. The Morgan fingerprint density at radius 3 is 1.86 bits per heavy atom. The van der Waals surface area contributed by atoms with Crippen LogP contribution >= 0.6 is 18.5 Å². The van der Waals surface area contributed by atoms with Gasteiger partial charge in [-0.15, -0.1) is 18.5 Å². The van der Waals surface area contributed by atoms with Crippen LogP contribution in [0.1, 0.15) is 54.4 Å².